The summed E-state index contributed by atoms with van der Waals surface area (Å²) in [6, 6.07) is 11.0. The van der Waals surface area contributed by atoms with E-state index in [1.54, 1.807) is 14.1 Å². The van der Waals surface area contributed by atoms with Crippen LogP contribution < -0.4 is 5.32 Å². The fourth-order valence-corrected chi connectivity index (χ4v) is 3.19. The molecule has 0 unspecified atom stereocenters. The van der Waals surface area contributed by atoms with Gasteiger partial charge in [0.25, 0.3) is 0 Å². The molecule has 1 aliphatic rings. The average Bonchev–Trinajstić information content (AvgIpc) is 3.02. The third-order valence-electron chi connectivity index (χ3n) is 4.81. The molecule has 0 atom stereocenters. The fraction of sp³-hybridized carbons (Fsp3) is 0.500. The first-order valence-corrected chi connectivity index (χ1v) is 9.24. The summed E-state index contributed by atoms with van der Waals surface area (Å²) in [6.45, 7) is 8.63. The highest BCUT2D eigenvalue weighted by Crippen LogP contribution is 2.19. The lowest BCUT2D eigenvalue weighted by Crippen LogP contribution is -2.34. The quantitative estimate of drug-likeness (QED) is 0.897. The molecule has 0 saturated carbocycles. The largest absolute Gasteiger partial charge is 0.332 e. The molecule has 2 amide bonds. The SMILES string of the molecule is CC(C)c1ccc(CN2CCn3nc(CNC(=O)N(C)C)cc3C2)cc1. The molecule has 0 bridgehead atoms. The second kappa shape index (κ2) is 7.91. The van der Waals surface area contributed by atoms with Crippen molar-refractivity contribution in [1.82, 2.24) is 24.9 Å². The number of carbonyl (C=O) groups excluding carboxylic acids is 1. The van der Waals surface area contributed by atoms with Gasteiger partial charge >= 0.3 is 6.03 Å². The molecule has 0 aliphatic carbocycles. The molecule has 1 aromatic carbocycles. The molecule has 6 nitrogen and oxygen atoms in total. The van der Waals surface area contributed by atoms with Crippen molar-refractivity contribution in [1.29, 1.82) is 0 Å². The van der Waals surface area contributed by atoms with E-state index in [-0.39, 0.29) is 6.03 Å². The monoisotopic (exact) mass is 355 g/mol. The Bertz CT molecular complexity index is 748. The van der Waals surface area contributed by atoms with Gasteiger partial charge in [0.1, 0.15) is 0 Å². The zero-order valence-electron chi connectivity index (χ0n) is 16.2. The Labute approximate surface area is 155 Å². The van der Waals surface area contributed by atoms with Gasteiger partial charge in [-0.1, -0.05) is 38.1 Å². The van der Waals surface area contributed by atoms with Crippen LogP contribution in [0.3, 0.4) is 0 Å². The smallest absolute Gasteiger partial charge is 0.317 e. The van der Waals surface area contributed by atoms with E-state index < -0.39 is 0 Å². The van der Waals surface area contributed by atoms with Crippen molar-refractivity contribution in [2.75, 3.05) is 20.6 Å². The van der Waals surface area contributed by atoms with Crippen molar-refractivity contribution in [3.63, 3.8) is 0 Å². The number of benzene rings is 1. The molecule has 2 heterocycles. The van der Waals surface area contributed by atoms with Crippen LogP contribution in [0.15, 0.2) is 30.3 Å². The number of urea groups is 1. The van der Waals surface area contributed by atoms with Crippen LogP contribution in [-0.2, 0) is 26.2 Å². The van der Waals surface area contributed by atoms with Crippen LogP contribution in [0.4, 0.5) is 4.79 Å². The van der Waals surface area contributed by atoms with Crippen molar-refractivity contribution in [2.24, 2.45) is 0 Å². The minimum atomic E-state index is -0.0950. The van der Waals surface area contributed by atoms with Crippen LogP contribution in [0, 0.1) is 0 Å². The van der Waals surface area contributed by atoms with E-state index in [0.717, 1.165) is 31.9 Å². The van der Waals surface area contributed by atoms with E-state index >= 15 is 0 Å². The molecule has 0 radical (unpaired) electrons. The minimum absolute atomic E-state index is 0.0950. The Morgan fingerprint density at radius 1 is 1.23 bits per heavy atom. The van der Waals surface area contributed by atoms with Gasteiger partial charge in [-0.3, -0.25) is 9.58 Å². The zero-order chi connectivity index (χ0) is 18.7. The van der Waals surface area contributed by atoms with E-state index in [1.807, 2.05) is 0 Å². The maximum Gasteiger partial charge on any atom is 0.317 e. The third kappa shape index (κ3) is 4.43. The van der Waals surface area contributed by atoms with Crippen LogP contribution in [0.2, 0.25) is 0 Å². The zero-order valence-corrected chi connectivity index (χ0v) is 16.2. The Morgan fingerprint density at radius 3 is 2.62 bits per heavy atom. The summed E-state index contributed by atoms with van der Waals surface area (Å²) >= 11 is 0. The molecule has 1 N–H and O–H groups in total. The van der Waals surface area contributed by atoms with Crippen molar-refractivity contribution >= 4 is 6.03 Å². The summed E-state index contributed by atoms with van der Waals surface area (Å²) in [6.07, 6.45) is 0. The van der Waals surface area contributed by atoms with Gasteiger partial charge in [0.15, 0.2) is 0 Å². The molecule has 0 saturated heterocycles. The van der Waals surface area contributed by atoms with Gasteiger partial charge in [-0.05, 0) is 23.1 Å². The molecule has 0 fully saturated rings. The van der Waals surface area contributed by atoms with Crippen LogP contribution in [0.5, 0.6) is 0 Å². The predicted molar refractivity (Wildman–Crippen MR) is 103 cm³/mol. The number of aromatic nitrogens is 2. The first kappa shape index (κ1) is 18.5. The number of carbonyl (C=O) groups is 1. The second-order valence-electron chi connectivity index (χ2n) is 7.51. The van der Waals surface area contributed by atoms with Gasteiger partial charge in [0.05, 0.1) is 24.5 Å². The second-order valence-corrected chi connectivity index (χ2v) is 7.51. The average molecular weight is 355 g/mol. The van der Waals surface area contributed by atoms with Crippen LogP contribution >= 0.6 is 0 Å². The summed E-state index contributed by atoms with van der Waals surface area (Å²) in [5.74, 6) is 0.569. The summed E-state index contributed by atoms with van der Waals surface area (Å²) in [5, 5.41) is 7.48. The maximum atomic E-state index is 11.7. The van der Waals surface area contributed by atoms with E-state index in [2.05, 4.69) is 64.2 Å². The number of amides is 2. The molecule has 2 aromatic rings. The summed E-state index contributed by atoms with van der Waals surface area (Å²) in [4.78, 5) is 15.6. The Hall–Kier alpha value is -2.34. The van der Waals surface area contributed by atoms with E-state index in [0.29, 0.717) is 12.5 Å². The topological polar surface area (TPSA) is 53.4 Å². The number of nitrogens with zero attached hydrogens (tertiary/aromatic N) is 4. The Kier molecular flexibility index (Phi) is 5.61. The number of nitrogens with one attached hydrogen (secondary N) is 1. The standard InChI is InChI=1S/C20H29N5O/c1-15(2)17-7-5-16(6-8-17)13-24-9-10-25-19(14-24)11-18(22-25)12-21-20(26)23(3)4/h5-8,11,15H,9-10,12-14H2,1-4H3,(H,21,26). The molecule has 26 heavy (non-hydrogen) atoms. The van der Waals surface area contributed by atoms with Gasteiger partial charge in [-0.2, -0.15) is 5.10 Å². The van der Waals surface area contributed by atoms with Crippen LogP contribution in [0.1, 0.15) is 42.3 Å². The highest BCUT2D eigenvalue weighted by Gasteiger charge is 2.19. The highest BCUT2D eigenvalue weighted by molar-refractivity contribution is 5.73. The molecular formula is C20H29N5O. The Balaban J connectivity index is 1.58. The van der Waals surface area contributed by atoms with Crippen LogP contribution in [0.25, 0.3) is 0 Å². The molecule has 1 aromatic heterocycles. The molecule has 3 rings (SSSR count). The molecule has 140 valence electrons. The lowest BCUT2D eigenvalue weighted by molar-refractivity contribution is 0.205. The van der Waals surface area contributed by atoms with E-state index in [1.165, 1.54) is 21.7 Å². The maximum absolute atomic E-state index is 11.7. The summed E-state index contributed by atoms with van der Waals surface area (Å²) in [7, 11) is 3.47. The van der Waals surface area contributed by atoms with Crippen molar-refractivity contribution in [3.8, 4) is 0 Å². The summed E-state index contributed by atoms with van der Waals surface area (Å²) in [5.41, 5.74) is 4.86. The van der Waals surface area contributed by atoms with Gasteiger partial charge < -0.3 is 10.2 Å². The van der Waals surface area contributed by atoms with E-state index in [4.69, 9.17) is 0 Å². The van der Waals surface area contributed by atoms with Crippen molar-refractivity contribution in [2.45, 2.75) is 45.9 Å². The van der Waals surface area contributed by atoms with Crippen molar-refractivity contribution < 1.29 is 4.79 Å². The lowest BCUT2D eigenvalue weighted by Gasteiger charge is -2.27. The lowest BCUT2D eigenvalue weighted by atomic mass is 10.0. The highest BCUT2D eigenvalue weighted by atomic mass is 16.2. The number of fused-ring (bicyclic) bond motifs is 1. The van der Waals surface area contributed by atoms with Gasteiger partial charge in [-0.15, -0.1) is 0 Å². The Morgan fingerprint density at radius 2 is 1.96 bits per heavy atom. The molecular weight excluding hydrogens is 326 g/mol. The number of rotatable bonds is 5. The van der Waals surface area contributed by atoms with E-state index in [9.17, 15) is 4.79 Å². The van der Waals surface area contributed by atoms with Gasteiger partial charge in [0, 0.05) is 33.7 Å². The van der Waals surface area contributed by atoms with Gasteiger partial charge in [-0.25, -0.2) is 4.79 Å². The predicted octanol–water partition coefficient (Wildman–Crippen LogP) is 2.79. The normalized spacial score (nSPS) is 14.3. The summed E-state index contributed by atoms with van der Waals surface area (Å²) < 4.78 is 2.06. The van der Waals surface area contributed by atoms with Gasteiger partial charge in [0.2, 0.25) is 0 Å². The molecule has 6 heteroatoms. The van der Waals surface area contributed by atoms with Crippen LogP contribution in [-0.4, -0.2) is 46.3 Å². The first-order chi connectivity index (χ1) is 12.4. The molecule has 1 aliphatic heterocycles. The molecule has 0 spiro atoms. The van der Waals surface area contributed by atoms with Crippen molar-refractivity contribution in [3.05, 3.63) is 52.8 Å². The number of hydrogen-bond donors (Lipinski definition) is 1. The number of hydrogen-bond acceptors (Lipinski definition) is 3. The minimum Gasteiger partial charge on any atom is -0.332 e. The fourth-order valence-electron chi connectivity index (χ4n) is 3.19. The first-order valence-electron chi connectivity index (χ1n) is 9.24. The third-order valence-corrected chi connectivity index (χ3v) is 4.81.